The number of aromatic amines is 1. The van der Waals surface area contributed by atoms with Gasteiger partial charge in [0.1, 0.15) is 11.4 Å². The Morgan fingerprint density at radius 1 is 0.745 bits per heavy atom. The number of hydrogen-bond acceptors (Lipinski definition) is 12. The van der Waals surface area contributed by atoms with E-state index in [-0.39, 0.29) is 24.7 Å². The van der Waals surface area contributed by atoms with E-state index in [1.807, 2.05) is 12.1 Å². The van der Waals surface area contributed by atoms with Crippen LogP contribution >= 0.6 is 12.2 Å². The minimum absolute atomic E-state index is 0.0464. The highest BCUT2D eigenvalue weighted by Crippen LogP contribution is 2.25. The third kappa shape index (κ3) is 10.4. The first kappa shape index (κ1) is 34.1. The van der Waals surface area contributed by atoms with Crippen LogP contribution in [-0.2, 0) is 38.7 Å². The van der Waals surface area contributed by atoms with Crippen molar-refractivity contribution in [3.05, 3.63) is 77.1 Å². The summed E-state index contributed by atoms with van der Waals surface area (Å²) in [5.41, 5.74) is 3.78. The van der Waals surface area contributed by atoms with Crippen LogP contribution in [0.25, 0.3) is 23.0 Å². The number of aromatic nitrogens is 5. The number of nitrogens with one attached hydrogen (secondary N) is 1. The Kier molecular flexibility index (Phi) is 11.6. The van der Waals surface area contributed by atoms with Crippen LogP contribution in [0.1, 0.15) is 22.5 Å². The molecule has 17 heteroatoms. The van der Waals surface area contributed by atoms with Crippen molar-refractivity contribution in [2.24, 2.45) is 4.99 Å². The summed E-state index contributed by atoms with van der Waals surface area (Å²) in [6.45, 7) is -2.11. The highest BCUT2D eigenvalue weighted by atomic mass is 32.1. The van der Waals surface area contributed by atoms with Crippen molar-refractivity contribution in [3.8, 4) is 23.0 Å². The second-order valence-corrected chi connectivity index (χ2v) is 10.4. The molecular formula is C30H28N8O8S. The van der Waals surface area contributed by atoms with E-state index in [1.165, 1.54) is 9.80 Å². The van der Waals surface area contributed by atoms with Crippen molar-refractivity contribution in [3.63, 3.8) is 0 Å². The van der Waals surface area contributed by atoms with Crippen LogP contribution < -0.4 is 0 Å². The van der Waals surface area contributed by atoms with Gasteiger partial charge in [0.15, 0.2) is 11.6 Å². The van der Waals surface area contributed by atoms with Gasteiger partial charge in [0.05, 0.1) is 48.4 Å². The second-order valence-electron chi connectivity index (χ2n) is 10.2. The van der Waals surface area contributed by atoms with Gasteiger partial charge in [-0.3, -0.25) is 34.1 Å². The van der Waals surface area contributed by atoms with Crippen molar-refractivity contribution >= 4 is 46.9 Å². The summed E-state index contributed by atoms with van der Waals surface area (Å²) in [5, 5.41) is 46.3. The number of aliphatic imine (C=N–C) groups is 1. The molecule has 47 heavy (non-hydrogen) atoms. The van der Waals surface area contributed by atoms with E-state index in [0.29, 0.717) is 34.9 Å². The Balaban J connectivity index is 1.68. The first-order valence-corrected chi connectivity index (χ1v) is 14.3. The summed E-state index contributed by atoms with van der Waals surface area (Å²) in [6, 6.07) is 15.7. The van der Waals surface area contributed by atoms with Crippen molar-refractivity contribution in [2.45, 2.75) is 19.5 Å². The number of nitrogens with zero attached hydrogens (tertiary/aromatic N) is 7. The lowest BCUT2D eigenvalue weighted by molar-refractivity contribution is -0.144. The molecule has 4 rings (SSSR count). The highest BCUT2D eigenvalue weighted by molar-refractivity contribution is 7.78. The second kappa shape index (κ2) is 16.0. The normalized spacial score (nSPS) is 10.9. The number of rotatable bonds is 17. The quantitative estimate of drug-likeness (QED) is 0.0806. The van der Waals surface area contributed by atoms with Crippen LogP contribution in [0.5, 0.6) is 0 Å². The number of hydrogen-bond donors (Lipinski definition) is 5. The van der Waals surface area contributed by atoms with Crippen LogP contribution in [0.15, 0.2) is 59.6 Å². The molecule has 0 spiro atoms. The molecule has 0 radical (unpaired) electrons. The lowest BCUT2D eigenvalue weighted by atomic mass is 10.0. The number of benzene rings is 1. The van der Waals surface area contributed by atoms with Crippen LogP contribution in [0.3, 0.4) is 0 Å². The third-order valence-electron chi connectivity index (χ3n) is 6.49. The van der Waals surface area contributed by atoms with Gasteiger partial charge in [-0.2, -0.15) is 10.1 Å². The monoisotopic (exact) mass is 660 g/mol. The Morgan fingerprint density at radius 2 is 1.32 bits per heavy atom. The molecule has 0 unspecified atom stereocenters. The summed E-state index contributed by atoms with van der Waals surface area (Å²) in [5.74, 6) is -4.29. The Labute approximate surface area is 272 Å². The molecule has 3 heterocycles. The molecule has 1 aromatic carbocycles. The summed E-state index contributed by atoms with van der Waals surface area (Å²) < 4.78 is 0. The Bertz CT molecular complexity index is 1790. The Morgan fingerprint density at radius 3 is 1.87 bits per heavy atom. The third-order valence-corrected chi connectivity index (χ3v) is 6.59. The number of carbonyl (C=O) groups is 4. The van der Waals surface area contributed by atoms with Gasteiger partial charge < -0.3 is 20.4 Å². The van der Waals surface area contributed by atoms with Crippen molar-refractivity contribution in [1.82, 2.24) is 34.9 Å². The molecule has 0 atom stereocenters. The zero-order valence-electron chi connectivity index (χ0n) is 24.6. The molecule has 0 aliphatic rings. The highest BCUT2D eigenvalue weighted by Gasteiger charge is 2.20. The van der Waals surface area contributed by atoms with Gasteiger partial charge >= 0.3 is 23.9 Å². The van der Waals surface area contributed by atoms with E-state index in [0.717, 1.165) is 11.1 Å². The number of carboxylic acids is 4. The fourth-order valence-electron chi connectivity index (χ4n) is 4.66. The fraction of sp³-hybridized carbons (Fsp3) is 0.233. The van der Waals surface area contributed by atoms with Gasteiger partial charge in [0.2, 0.25) is 0 Å². The first-order valence-electron chi connectivity index (χ1n) is 13.9. The predicted molar refractivity (Wildman–Crippen MR) is 168 cm³/mol. The molecule has 242 valence electrons. The van der Waals surface area contributed by atoms with Crippen LogP contribution in [0.2, 0.25) is 0 Å². The predicted octanol–water partition coefficient (Wildman–Crippen LogP) is 2.20. The molecule has 16 nitrogen and oxygen atoms in total. The summed E-state index contributed by atoms with van der Waals surface area (Å²) in [4.78, 5) is 65.4. The van der Waals surface area contributed by atoms with Crippen molar-refractivity contribution < 1.29 is 39.6 Å². The number of pyridine rings is 2. The van der Waals surface area contributed by atoms with Gasteiger partial charge in [-0.05, 0) is 60.1 Å². The SMILES string of the molecule is O=C(O)CN(CC(=O)O)Cc1cccc(-c2n[nH]c(-c3nc(CN(CC(=O)O)CC(=O)O)ccc3Cc3ccc(N=C=S)cc3)n2)n1. The summed E-state index contributed by atoms with van der Waals surface area (Å²) >= 11 is 4.66. The number of carboxylic acid groups (broad SMARTS) is 4. The maximum atomic E-state index is 11.4. The molecule has 5 N–H and O–H groups in total. The molecule has 0 aliphatic carbocycles. The van der Waals surface area contributed by atoms with E-state index < -0.39 is 50.1 Å². The van der Waals surface area contributed by atoms with Gasteiger partial charge in [-0.15, -0.1) is 0 Å². The fourth-order valence-corrected chi connectivity index (χ4v) is 4.76. The smallest absolute Gasteiger partial charge is 0.317 e. The molecule has 0 aliphatic heterocycles. The van der Waals surface area contributed by atoms with Gasteiger partial charge in [0.25, 0.3) is 0 Å². The number of thiocarbonyl (C=S) groups is 1. The van der Waals surface area contributed by atoms with Crippen molar-refractivity contribution in [1.29, 1.82) is 0 Å². The minimum atomic E-state index is -1.19. The van der Waals surface area contributed by atoms with Crippen LogP contribution in [-0.4, -0.2) is 111 Å². The van der Waals surface area contributed by atoms with E-state index >= 15 is 0 Å². The van der Waals surface area contributed by atoms with Gasteiger partial charge in [-0.1, -0.05) is 24.3 Å². The molecule has 3 aromatic heterocycles. The number of isothiocyanates is 1. The lowest BCUT2D eigenvalue weighted by Gasteiger charge is -2.18. The standard InChI is InChI=1S/C30H28N8O8S/c39-24(40)13-37(14-25(41)42)11-21-2-1-3-23(32-21)29-34-30(36-35-29)28-19(10-18-4-7-20(8-5-18)31-17-47)6-9-22(33-28)12-38(15-26(43)44)16-27(45)46/h1-9H,10-16H2,(H,39,40)(H,41,42)(H,43,44)(H,45,46)(H,34,35,36). The number of aliphatic carboxylic acids is 4. The zero-order valence-corrected chi connectivity index (χ0v) is 25.4. The zero-order chi connectivity index (χ0) is 33.9. The molecule has 4 aromatic rings. The first-order chi connectivity index (χ1) is 22.5. The molecule has 0 fully saturated rings. The molecule has 0 amide bonds. The van der Waals surface area contributed by atoms with E-state index in [4.69, 9.17) is 15.2 Å². The number of H-pyrrole nitrogens is 1. The van der Waals surface area contributed by atoms with E-state index in [2.05, 4.69) is 42.5 Å². The topological polar surface area (TPSA) is 235 Å². The summed E-state index contributed by atoms with van der Waals surface area (Å²) in [7, 11) is 0. The van der Waals surface area contributed by atoms with E-state index in [9.17, 15) is 29.4 Å². The Hall–Kier alpha value is -5.74. The van der Waals surface area contributed by atoms with E-state index in [1.54, 1.807) is 42.5 Å². The van der Waals surface area contributed by atoms with Gasteiger partial charge in [0, 0.05) is 13.1 Å². The largest absolute Gasteiger partial charge is 0.480 e. The van der Waals surface area contributed by atoms with Gasteiger partial charge in [-0.25, -0.2) is 15.0 Å². The molecular weight excluding hydrogens is 632 g/mol. The molecule has 0 saturated carbocycles. The maximum Gasteiger partial charge on any atom is 0.317 e. The minimum Gasteiger partial charge on any atom is -0.480 e. The average Bonchev–Trinajstić information content (AvgIpc) is 3.48. The molecule has 0 bridgehead atoms. The average molecular weight is 661 g/mol. The lowest BCUT2D eigenvalue weighted by Crippen LogP contribution is -2.34. The van der Waals surface area contributed by atoms with Crippen molar-refractivity contribution in [2.75, 3.05) is 26.2 Å². The summed E-state index contributed by atoms with van der Waals surface area (Å²) in [6.07, 6.45) is 0.408. The van der Waals surface area contributed by atoms with Crippen LogP contribution in [0, 0.1) is 0 Å². The maximum absolute atomic E-state index is 11.4. The molecule has 0 saturated heterocycles. The van der Waals surface area contributed by atoms with Crippen LogP contribution in [0.4, 0.5) is 5.69 Å².